The lowest BCUT2D eigenvalue weighted by atomic mass is 10.0. The van der Waals surface area contributed by atoms with E-state index in [-0.39, 0.29) is 28.8 Å². The van der Waals surface area contributed by atoms with Crippen molar-refractivity contribution in [3.8, 4) is 40.2 Å². The number of fused-ring (bicyclic) bond motifs is 1. The summed E-state index contributed by atoms with van der Waals surface area (Å²) in [6, 6.07) is 10.0. The number of phenols is 1. The Morgan fingerprint density at radius 2 is 1.87 bits per heavy atom. The van der Waals surface area contributed by atoms with Gasteiger partial charge in [0.25, 0.3) is 0 Å². The molecule has 1 aromatic heterocycles. The lowest BCUT2D eigenvalue weighted by Gasteiger charge is -2.24. The molecule has 0 unspecified atom stereocenters. The summed E-state index contributed by atoms with van der Waals surface area (Å²) in [4.78, 5) is 15.2. The quantitative estimate of drug-likeness (QED) is 0.635. The summed E-state index contributed by atoms with van der Waals surface area (Å²) in [5.41, 5.74) is 0.958. The van der Waals surface area contributed by atoms with Gasteiger partial charge in [0.2, 0.25) is 5.43 Å². The van der Waals surface area contributed by atoms with E-state index in [4.69, 9.17) is 18.6 Å². The Balaban J connectivity index is 1.49. The zero-order chi connectivity index (χ0) is 21.6. The molecule has 2 heterocycles. The second kappa shape index (κ2) is 9.56. The summed E-state index contributed by atoms with van der Waals surface area (Å²) in [6.07, 6.45) is 1.39. The molecule has 7 heteroatoms. The van der Waals surface area contributed by atoms with Crippen LogP contribution >= 0.6 is 0 Å². The predicted octanol–water partition coefficient (Wildman–Crippen LogP) is 2.89. The first-order valence-corrected chi connectivity index (χ1v) is 9.97. The average Bonchev–Trinajstić information content (AvgIpc) is 2.80. The van der Waals surface area contributed by atoms with Gasteiger partial charge in [-0.05, 0) is 17.7 Å². The van der Waals surface area contributed by atoms with Crippen LogP contribution in [-0.4, -0.2) is 56.6 Å². The first-order valence-electron chi connectivity index (χ1n) is 9.97. The molecule has 0 atom stereocenters. The number of ether oxygens (including phenoxy) is 3. The third-order valence-corrected chi connectivity index (χ3v) is 5.07. The maximum absolute atomic E-state index is 12.9. The molecule has 0 amide bonds. The van der Waals surface area contributed by atoms with Crippen LogP contribution in [0.1, 0.15) is 0 Å². The smallest absolute Gasteiger partial charge is 0.204 e. The number of aromatic hydroxyl groups is 1. The Bertz CT molecular complexity index is 1170. The van der Waals surface area contributed by atoms with Gasteiger partial charge in [-0.15, -0.1) is 0 Å². The topological polar surface area (TPSA) is 81.4 Å². The number of rotatable bonds is 5. The Morgan fingerprint density at radius 1 is 1.10 bits per heavy atom. The Labute approximate surface area is 179 Å². The van der Waals surface area contributed by atoms with E-state index in [1.165, 1.54) is 12.3 Å². The van der Waals surface area contributed by atoms with Gasteiger partial charge in [0.1, 0.15) is 41.1 Å². The summed E-state index contributed by atoms with van der Waals surface area (Å²) in [6.45, 7) is 4.07. The summed E-state index contributed by atoms with van der Waals surface area (Å²) in [5.74, 6) is 6.90. The Morgan fingerprint density at radius 3 is 2.61 bits per heavy atom. The van der Waals surface area contributed by atoms with E-state index >= 15 is 0 Å². The number of methoxy groups -OCH3 is 1. The molecule has 0 radical (unpaired) electrons. The molecule has 1 N–H and O–H groups in total. The maximum atomic E-state index is 12.9. The second-order valence-corrected chi connectivity index (χ2v) is 7.05. The van der Waals surface area contributed by atoms with Gasteiger partial charge in [0.05, 0.1) is 32.4 Å². The predicted molar refractivity (Wildman–Crippen MR) is 117 cm³/mol. The highest BCUT2D eigenvalue weighted by Gasteiger charge is 2.14. The van der Waals surface area contributed by atoms with E-state index in [9.17, 15) is 9.90 Å². The van der Waals surface area contributed by atoms with Crippen LogP contribution in [-0.2, 0) is 4.74 Å². The van der Waals surface area contributed by atoms with Gasteiger partial charge in [0, 0.05) is 25.2 Å². The minimum Gasteiger partial charge on any atom is -0.507 e. The summed E-state index contributed by atoms with van der Waals surface area (Å²) in [5, 5.41) is 10.6. The largest absolute Gasteiger partial charge is 0.507 e. The minimum atomic E-state index is -0.319. The second-order valence-electron chi connectivity index (χ2n) is 7.05. The first kappa shape index (κ1) is 20.8. The fraction of sp³-hybridized carbons (Fsp3) is 0.292. The highest BCUT2D eigenvalue weighted by atomic mass is 16.5. The van der Waals surface area contributed by atoms with Crippen LogP contribution < -0.4 is 14.9 Å². The van der Waals surface area contributed by atoms with Gasteiger partial charge in [-0.2, -0.15) is 0 Å². The molecule has 0 saturated carbocycles. The van der Waals surface area contributed by atoms with Gasteiger partial charge in [-0.25, -0.2) is 0 Å². The van der Waals surface area contributed by atoms with Crippen LogP contribution in [0.15, 0.2) is 51.9 Å². The molecule has 1 aliphatic heterocycles. The fourth-order valence-corrected chi connectivity index (χ4v) is 3.36. The molecule has 0 aliphatic carbocycles. The van der Waals surface area contributed by atoms with Crippen molar-refractivity contribution < 1.29 is 23.7 Å². The zero-order valence-electron chi connectivity index (χ0n) is 17.2. The van der Waals surface area contributed by atoms with E-state index in [0.717, 1.165) is 26.3 Å². The average molecular weight is 421 g/mol. The van der Waals surface area contributed by atoms with Crippen LogP contribution in [0.2, 0.25) is 0 Å². The van der Waals surface area contributed by atoms with Crippen molar-refractivity contribution in [1.29, 1.82) is 0 Å². The molecular weight excluding hydrogens is 398 g/mol. The lowest BCUT2D eigenvalue weighted by Crippen LogP contribution is -2.36. The van der Waals surface area contributed by atoms with Crippen molar-refractivity contribution in [3.05, 3.63) is 52.9 Å². The maximum Gasteiger partial charge on any atom is 0.204 e. The normalized spacial score (nSPS) is 14.1. The molecule has 160 valence electrons. The van der Waals surface area contributed by atoms with Gasteiger partial charge < -0.3 is 23.7 Å². The fourth-order valence-electron chi connectivity index (χ4n) is 3.36. The van der Waals surface area contributed by atoms with E-state index in [0.29, 0.717) is 29.2 Å². The van der Waals surface area contributed by atoms with Crippen LogP contribution in [0.3, 0.4) is 0 Å². The summed E-state index contributed by atoms with van der Waals surface area (Å²) < 4.78 is 21.7. The number of phenolic OH excluding ortho intramolecular Hbond substituents is 1. The first-order chi connectivity index (χ1) is 15.2. The van der Waals surface area contributed by atoms with Crippen molar-refractivity contribution in [3.63, 3.8) is 0 Å². The molecule has 1 saturated heterocycles. The van der Waals surface area contributed by atoms with Gasteiger partial charge in [0.15, 0.2) is 0 Å². The van der Waals surface area contributed by atoms with E-state index < -0.39 is 0 Å². The zero-order valence-corrected chi connectivity index (χ0v) is 17.2. The van der Waals surface area contributed by atoms with Crippen molar-refractivity contribution in [2.45, 2.75) is 0 Å². The van der Waals surface area contributed by atoms with Crippen molar-refractivity contribution in [1.82, 2.24) is 4.90 Å². The number of benzene rings is 2. The van der Waals surface area contributed by atoms with Crippen molar-refractivity contribution in [2.24, 2.45) is 0 Å². The molecular formula is C24H23NO6. The van der Waals surface area contributed by atoms with Gasteiger partial charge >= 0.3 is 0 Å². The highest BCUT2D eigenvalue weighted by Crippen LogP contribution is 2.30. The van der Waals surface area contributed by atoms with Crippen LogP contribution in [0.25, 0.3) is 22.1 Å². The molecule has 1 aliphatic rings. The molecule has 0 spiro atoms. The molecule has 7 nitrogen and oxygen atoms in total. The molecule has 0 bridgehead atoms. The lowest BCUT2D eigenvalue weighted by molar-refractivity contribution is 0.0443. The van der Waals surface area contributed by atoms with E-state index in [1.54, 1.807) is 37.4 Å². The number of hydrogen-bond donors (Lipinski definition) is 1. The molecule has 4 rings (SSSR count). The van der Waals surface area contributed by atoms with Crippen molar-refractivity contribution >= 4 is 11.0 Å². The third kappa shape index (κ3) is 4.82. The van der Waals surface area contributed by atoms with E-state index in [1.807, 2.05) is 0 Å². The van der Waals surface area contributed by atoms with Gasteiger partial charge in [-0.1, -0.05) is 24.0 Å². The van der Waals surface area contributed by atoms with Crippen molar-refractivity contribution in [2.75, 3.05) is 46.6 Å². The van der Waals surface area contributed by atoms with Gasteiger partial charge in [-0.3, -0.25) is 9.69 Å². The van der Waals surface area contributed by atoms with E-state index in [2.05, 4.69) is 16.7 Å². The third-order valence-electron chi connectivity index (χ3n) is 5.07. The van der Waals surface area contributed by atoms with Crippen LogP contribution in [0.4, 0.5) is 0 Å². The highest BCUT2D eigenvalue weighted by molar-refractivity contribution is 5.88. The molecule has 1 fully saturated rings. The minimum absolute atomic E-state index is 0.110. The SMILES string of the molecule is COc1ccc(-c2coc3cc(OCC#CCN4CCOCC4)cc(O)c3c2=O)cc1. The molecule has 3 aromatic rings. The molecule has 2 aromatic carbocycles. The Hall–Kier alpha value is -3.47. The standard InChI is InChI=1S/C24H23NO6/c1-28-18-6-4-17(5-7-18)20-16-31-22-15-19(14-21(26)23(22)24(20)27)30-11-3-2-8-25-9-12-29-13-10-25/h4-7,14-16,26H,8-13H2,1H3. The van der Waals surface area contributed by atoms with Crippen LogP contribution in [0.5, 0.6) is 17.2 Å². The Kier molecular flexibility index (Phi) is 6.41. The van der Waals surface area contributed by atoms with Crippen LogP contribution in [0, 0.1) is 11.8 Å². The number of nitrogens with zero attached hydrogens (tertiary/aromatic N) is 1. The summed E-state index contributed by atoms with van der Waals surface area (Å²) in [7, 11) is 1.58. The molecule has 31 heavy (non-hydrogen) atoms. The monoisotopic (exact) mass is 421 g/mol. The summed E-state index contributed by atoms with van der Waals surface area (Å²) >= 11 is 0. The number of morpholine rings is 1. The number of hydrogen-bond acceptors (Lipinski definition) is 7.